The van der Waals surface area contributed by atoms with Crippen LogP contribution in [0.4, 0.5) is 0 Å². The van der Waals surface area contributed by atoms with E-state index in [0.717, 1.165) is 47.7 Å². The zero-order valence-electron chi connectivity index (χ0n) is 22.7. The first-order valence-corrected chi connectivity index (χ1v) is 15.4. The number of benzene rings is 3. The van der Waals surface area contributed by atoms with Gasteiger partial charge in [-0.05, 0) is 76.1 Å². The lowest BCUT2D eigenvalue weighted by Gasteiger charge is -2.33. The van der Waals surface area contributed by atoms with Crippen molar-refractivity contribution in [1.29, 1.82) is 0 Å². The van der Waals surface area contributed by atoms with Gasteiger partial charge in [-0.25, -0.2) is 0 Å². The van der Waals surface area contributed by atoms with Crippen LogP contribution in [0.1, 0.15) is 55.7 Å². The fourth-order valence-corrected chi connectivity index (χ4v) is 6.04. The molecule has 1 atom stereocenters. The second kappa shape index (κ2) is 14.9. The third kappa shape index (κ3) is 8.48. The first-order valence-electron chi connectivity index (χ1n) is 13.8. The summed E-state index contributed by atoms with van der Waals surface area (Å²) in [5.41, 5.74) is 2.83. The molecule has 8 heteroatoms. The van der Waals surface area contributed by atoms with Gasteiger partial charge in [0.05, 0.1) is 4.47 Å². The van der Waals surface area contributed by atoms with Crippen LogP contribution >= 0.6 is 39.1 Å². The van der Waals surface area contributed by atoms with Crippen molar-refractivity contribution in [3.63, 3.8) is 0 Å². The van der Waals surface area contributed by atoms with Crippen LogP contribution in [0.25, 0.3) is 0 Å². The van der Waals surface area contributed by atoms with E-state index in [1.165, 1.54) is 6.42 Å². The maximum atomic E-state index is 13.9. The molecule has 40 heavy (non-hydrogen) atoms. The first-order chi connectivity index (χ1) is 19.3. The third-order valence-electron chi connectivity index (χ3n) is 7.33. The maximum Gasteiger partial charge on any atom is 0.261 e. The Kier molecular flexibility index (Phi) is 11.3. The van der Waals surface area contributed by atoms with E-state index in [-0.39, 0.29) is 31.0 Å². The van der Waals surface area contributed by atoms with Crippen molar-refractivity contribution < 1.29 is 14.3 Å². The van der Waals surface area contributed by atoms with Crippen LogP contribution in [-0.4, -0.2) is 35.4 Å². The van der Waals surface area contributed by atoms with Crippen molar-refractivity contribution >= 4 is 50.9 Å². The average Bonchev–Trinajstić information content (AvgIpc) is 2.96. The summed E-state index contributed by atoms with van der Waals surface area (Å²) in [4.78, 5) is 29.4. The molecule has 3 aromatic carbocycles. The van der Waals surface area contributed by atoms with E-state index in [2.05, 4.69) is 28.2 Å². The van der Waals surface area contributed by atoms with Gasteiger partial charge in [-0.3, -0.25) is 9.59 Å². The van der Waals surface area contributed by atoms with Gasteiger partial charge in [0.15, 0.2) is 6.61 Å². The molecule has 1 unspecified atom stereocenters. The summed E-state index contributed by atoms with van der Waals surface area (Å²) >= 11 is 16.2. The lowest BCUT2D eigenvalue weighted by atomic mass is 9.94. The van der Waals surface area contributed by atoms with Crippen molar-refractivity contribution in [1.82, 2.24) is 10.2 Å². The molecule has 1 N–H and O–H groups in total. The minimum atomic E-state index is -0.752. The number of aryl methyl sites for hydroxylation is 1. The molecule has 1 saturated carbocycles. The van der Waals surface area contributed by atoms with Gasteiger partial charge in [-0.15, -0.1) is 0 Å². The third-order valence-corrected chi connectivity index (χ3v) is 8.54. The van der Waals surface area contributed by atoms with Gasteiger partial charge in [-0.1, -0.05) is 91.9 Å². The highest BCUT2D eigenvalue weighted by Gasteiger charge is 2.32. The summed E-state index contributed by atoms with van der Waals surface area (Å²) in [6.45, 7) is 2.00. The van der Waals surface area contributed by atoms with Crippen molar-refractivity contribution in [3.05, 3.63) is 97.9 Å². The first kappa shape index (κ1) is 30.4. The smallest absolute Gasteiger partial charge is 0.261 e. The molecule has 4 rings (SSSR count). The van der Waals surface area contributed by atoms with Crippen molar-refractivity contribution in [2.24, 2.45) is 0 Å². The van der Waals surface area contributed by atoms with Crippen LogP contribution in [0, 0.1) is 0 Å². The van der Waals surface area contributed by atoms with Gasteiger partial charge in [0.25, 0.3) is 5.91 Å². The summed E-state index contributed by atoms with van der Waals surface area (Å²) in [6.07, 6.45) is 6.53. The fourth-order valence-electron chi connectivity index (χ4n) is 5.04. The summed E-state index contributed by atoms with van der Waals surface area (Å²) in [6, 6.07) is 20.1. The number of carbonyl (C=O) groups is 2. The minimum absolute atomic E-state index is 0.111. The molecular formula is C32H35BrCl2N2O3. The van der Waals surface area contributed by atoms with Gasteiger partial charge < -0.3 is 15.0 Å². The van der Waals surface area contributed by atoms with Gasteiger partial charge in [0.2, 0.25) is 5.91 Å². The molecule has 1 aliphatic carbocycles. The van der Waals surface area contributed by atoms with Gasteiger partial charge in [-0.2, -0.15) is 0 Å². The number of rotatable bonds is 11. The Balaban J connectivity index is 1.63. The summed E-state index contributed by atoms with van der Waals surface area (Å²) < 4.78 is 6.75. The molecule has 0 spiro atoms. The molecule has 3 aromatic rings. The van der Waals surface area contributed by atoms with E-state index in [0.29, 0.717) is 27.8 Å². The molecule has 212 valence electrons. The number of nitrogens with one attached hydrogen (secondary N) is 1. The van der Waals surface area contributed by atoms with Crippen LogP contribution < -0.4 is 10.1 Å². The molecule has 0 saturated heterocycles. The Labute approximate surface area is 255 Å². The number of ether oxygens (including phenoxy) is 1. The molecule has 0 heterocycles. The van der Waals surface area contributed by atoms with E-state index in [1.54, 1.807) is 23.1 Å². The van der Waals surface area contributed by atoms with Crippen LogP contribution in [0.2, 0.25) is 10.0 Å². The predicted octanol–water partition coefficient (Wildman–Crippen LogP) is 7.79. The Morgan fingerprint density at radius 2 is 1.75 bits per heavy atom. The summed E-state index contributed by atoms with van der Waals surface area (Å²) in [5.74, 6) is 0.0983. The Bertz CT molecular complexity index is 1300. The van der Waals surface area contributed by atoms with Gasteiger partial charge in [0.1, 0.15) is 11.8 Å². The number of carbonyl (C=O) groups excluding carboxylic acids is 2. The SMILES string of the molecule is CCc1ccc(OCC(=O)N(Cc2ccc(Cl)cc2Cl)C(Cc2ccccc2)C(=O)NC2CCCCC2)c(Br)c1. The second-order valence-corrected chi connectivity index (χ2v) is 11.9. The highest BCUT2D eigenvalue weighted by Crippen LogP contribution is 2.28. The number of amides is 2. The van der Waals surface area contributed by atoms with E-state index >= 15 is 0 Å². The molecule has 2 amide bonds. The van der Waals surface area contributed by atoms with Crippen LogP contribution in [-0.2, 0) is 29.0 Å². The quantitative estimate of drug-likeness (QED) is 0.232. The molecule has 5 nitrogen and oxygen atoms in total. The van der Waals surface area contributed by atoms with Crippen molar-refractivity contribution in [2.45, 2.75) is 70.5 Å². The summed E-state index contributed by atoms with van der Waals surface area (Å²) in [5, 5.41) is 4.19. The van der Waals surface area contributed by atoms with Gasteiger partial charge >= 0.3 is 0 Å². The van der Waals surface area contributed by atoms with E-state index in [9.17, 15) is 9.59 Å². The molecule has 1 aliphatic rings. The fraction of sp³-hybridized carbons (Fsp3) is 0.375. The van der Waals surface area contributed by atoms with Gasteiger partial charge in [0, 0.05) is 29.1 Å². The Hall–Kier alpha value is -2.54. The largest absolute Gasteiger partial charge is 0.483 e. The molecular weight excluding hydrogens is 611 g/mol. The number of nitrogens with zero attached hydrogens (tertiary/aromatic N) is 1. The topological polar surface area (TPSA) is 58.6 Å². The zero-order chi connectivity index (χ0) is 28.5. The molecule has 0 aliphatic heterocycles. The maximum absolute atomic E-state index is 13.9. The molecule has 1 fully saturated rings. The van der Waals surface area contributed by atoms with Crippen molar-refractivity contribution in [3.8, 4) is 5.75 Å². The number of hydrogen-bond acceptors (Lipinski definition) is 3. The standard InChI is InChI=1S/C32H35BrCl2N2O3/c1-2-22-13-16-30(27(33)17-22)40-21-31(38)37(20-24-14-15-25(34)19-28(24)35)29(18-23-9-5-3-6-10-23)32(39)36-26-11-7-4-8-12-26/h3,5-6,9-10,13-17,19,26,29H,2,4,7-8,11-12,18,20-21H2,1H3,(H,36,39). The van der Waals surface area contributed by atoms with Crippen LogP contribution in [0.5, 0.6) is 5.75 Å². The normalized spacial score (nSPS) is 14.4. The average molecular weight is 646 g/mol. The Morgan fingerprint density at radius 1 is 1.00 bits per heavy atom. The highest BCUT2D eigenvalue weighted by atomic mass is 79.9. The van der Waals surface area contributed by atoms with E-state index in [4.69, 9.17) is 27.9 Å². The van der Waals surface area contributed by atoms with Crippen LogP contribution in [0.15, 0.2) is 71.2 Å². The number of halogens is 3. The Morgan fingerprint density at radius 3 is 2.42 bits per heavy atom. The molecule has 0 radical (unpaired) electrons. The lowest BCUT2D eigenvalue weighted by Crippen LogP contribution is -2.53. The van der Waals surface area contributed by atoms with Crippen molar-refractivity contribution in [2.75, 3.05) is 6.61 Å². The minimum Gasteiger partial charge on any atom is -0.483 e. The molecule has 0 bridgehead atoms. The van der Waals surface area contributed by atoms with E-state index < -0.39 is 6.04 Å². The summed E-state index contributed by atoms with van der Waals surface area (Å²) in [7, 11) is 0. The molecule has 0 aromatic heterocycles. The highest BCUT2D eigenvalue weighted by molar-refractivity contribution is 9.10. The van der Waals surface area contributed by atoms with Crippen LogP contribution in [0.3, 0.4) is 0 Å². The zero-order valence-corrected chi connectivity index (χ0v) is 25.8. The monoisotopic (exact) mass is 644 g/mol. The number of hydrogen-bond donors (Lipinski definition) is 1. The van der Waals surface area contributed by atoms with E-state index in [1.807, 2.05) is 48.5 Å². The predicted molar refractivity (Wildman–Crippen MR) is 165 cm³/mol. The second-order valence-electron chi connectivity index (χ2n) is 10.2. The lowest BCUT2D eigenvalue weighted by molar-refractivity contribution is -0.143.